The van der Waals surface area contributed by atoms with Gasteiger partial charge in [-0.25, -0.2) is 0 Å². The number of benzene rings is 1. The Morgan fingerprint density at radius 2 is 1.84 bits per heavy atom. The van der Waals surface area contributed by atoms with Crippen LogP contribution in [0.3, 0.4) is 0 Å². The quantitative estimate of drug-likeness (QED) is 0.861. The predicted octanol–water partition coefficient (Wildman–Crippen LogP) is 2.71. The van der Waals surface area contributed by atoms with Crippen LogP contribution < -0.4 is 10.2 Å². The molecule has 0 bridgehead atoms. The van der Waals surface area contributed by atoms with Crippen molar-refractivity contribution < 1.29 is 9.90 Å². The zero-order valence-corrected chi connectivity index (χ0v) is 15.3. The van der Waals surface area contributed by atoms with Gasteiger partial charge in [-0.05, 0) is 68.8 Å². The van der Waals surface area contributed by atoms with E-state index in [1.807, 2.05) is 12.1 Å². The van der Waals surface area contributed by atoms with Gasteiger partial charge in [-0.3, -0.25) is 9.69 Å². The van der Waals surface area contributed by atoms with Crippen molar-refractivity contribution in [3.8, 4) is 0 Å². The standard InChI is InChI=1S/C20H31N3O2/c1-16-6-5-13-23(19(16)15-24)14-20(25)21-17-7-9-18(10-8-17)22-11-3-2-4-12-22/h7-10,16,19,24H,2-6,11-15H2,1H3,(H,21,25). The van der Waals surface area contributed by atoms with E-state index in [1.54, 1.807) is 0 Å². The molecule has 138 valence electrons. The Labute approximate surface area is 151 Å². The molecule has 0 radical (unpaired) electrons. The smallest absolute Gasteiger partial charge is 0.238 e. The normalized spacial score (nSPS) is 25.0. The molecule has 0 spiro atoms. The number of hydrogen-bond acceptors (Lipinski definition) is 4. The number of aliphatic hydroxyl groups is 1. The van der Waals surface area contributed by atoms with Gasteiger partial charge in [0.2, 0.25) is 5.91 Å². The number of carbonyl (C=O) groups is 1. The molecular formula is C20H31N3O2. The number of likely N-dealkylation sites (tertiary alicyclic amines) is 1. The molecule has 2 fully saturated rings. The molecule has 2 aliphatic heterocycles. The number of piperidine rings is 2. The summed E-state index contributed by atoms with van der Waals surface area (Å²) in [6.07, 6.45) is 6.07. The third kappa shape index (κ3) is 4.73. The minimum absolute atomic E-state index is 0.00160. The minimum atomic E-state index is -0.00160. The second-order valence-corrected chi connectivity index (χ2v) is 7.48. The van der Waals surface area contributed by atoms with Crippen LogP contribution >= 0.6 is 0 Å². The van der Waals surface area contributed by atoms with Crippen molar-refractivity contribution in [1.29, 1.82) is 0 Å². The third-order valence-electron chi connectivity index (χ3n) is 5.64. The number of hydrogen-bond donors (Lipinski definition) is 2. The fourth-order valence-corrected chi connectivity index (χ4v) is 4.12. The number of aliphatic hydroxyl groups excluding tert-OH is 1. The Balaban J connectivity index is 1.53. The van der Waals surface area contributed by atoms with E-state index in [1.165, 1.54) is 24.9 Å². The molecule has 1 amide bonds. The van der Waals surface area contributed by atoms with E-state index in [4.69, 9.17) is 0 Å². The number of rotatable bonds is 5. The van der Waals surface area contributed by atoms with Gasteiger partial charge >= 0.3 is 0 Å². The zero-order chi connectivity index (χ0) is 17.6. The van der Waals surface area contributed by atoms with Gasteiger partial charge in [0.05, 0.1) is 13.2 Å². The Bertz CT molecular complexity index is 555. The Kier molecular flexibility index (Phi) is 6.32. The minimum Gasteiger partial charge on any atom is -0.395 e. The van der Waals surface area contributed by atoms with Crippen molar-refractivity contribution in [3.05, 3.63) is 24.3 Å². The van der Waals surface area contributed by atoms with Gasteiger partial charge in [-0.2, -0.15) is 0 Å². The van der Waals surface area contributed by atoms with Crippen LogP contribution in [0.15, 0.2) is 24.3 Å². The fourth-order valence-electron chi connectivity index (χ4n) is 4.12. The monoisotopic (exact) mass is 345 g/mol. The topological polar surface area (TPSA) is 55.8 Å². The molecule has 0 aliphatic carbocycles. The van der Waals surface area contributed by atoms with Gasteiger partial charge in [-0.1, -0.05) is 6.92 Å². The average Bonchev–Trinajstić information content (AvgIpc) is 2.63. The second kappa shape index (κ2) is 8.68. The molecule has 25 heavy (non-hydrogen) atoms. The van der Waals surface area contributed by atoms with Gasteiger partial charge in [0.25, 0.3) is 0 Å². The van der Waals surface area contributed by atoms with Crippen molar-refractivity contribution in [2.24, 2.45) is 5.92 Å². The van der Waals surface area contributed by atoms with Crippen molar-refractivity contribution in [2.45, 2.75) is 45.1 Å². The lowest BCUT2D eigenvalue weighted by atomic mass is 9.91. The zero-order valence-electron chi connectivity index (χ0n) is 15.3. The highest BCUT2D eigenvalue weighted by atomic mass is 16.3. The summed E-state index contributed by atoms with van der Waals surface area (Å²) in [7, 11) is 0. The number of nitrogens with zero attached hydrogens (tertiary/aromatic N) is 2. The van der Waals surface area contributed by atoms with Crippen LogP contribution in [-0.4, -0.2) is 54.7 Å². The Morgan fingerprint density at radius 1 is 1.12 bits per heavy atom. The first-order chi connectivity index (χ1) is 12.2. The number of nitrogens with one attached hydrogen (secondary N) is 1. The van der Waals surface area contributed by atoms with Crippen molar-refractivity contribution in [2.75, 3.05) is 43.0 Å². The lowest BCUT2D eigenvalue weighted by molar-refractivity contribution is -0.118. The summed E-state index contributed by atoms with van der Waals surface area (Å²) in [5, 5.41) is 12.6. The maximum atomic E-state index is 12.4. The summed E-state index contributed by atoms with van der Waals surface area (Å²) >= 11 is 0. The van der Waals surface area contributed by atoms with E-state index in [-0.39, 0.29) is 18.6 Å². The van der Waals surface area contributed by atoms with Crippen LogP contribution in [0.1, 0.15) is 39.0 Å². The number of anilines is 2. The lowest BCUT2D eigenvalue weighted by Crippen LogP contribution is -2.49. The summed E-state index contributed by atoms with van der Waals surface area (Å²) in [6.45, 7) is 5.77. The van der Waals surface area contributed by atoms with E-state index in [9.17, 15) is 9.90 Å². The molecule has 2 unspecified atom stereocenters. The molecule has 5 heteroatoms. The molecule has 0 aromatic heterocycles. The molecule has 1 aromatic carbocycles. The molecular weight excluding hydrogens is 314 g/mol. The SMILES string of the molecule is CC1CCCN(CC(=O)Nc2ccc(N3CCCCC3)cc2)C1CO. The van der Waals surface area contributed by atoms with E-state index in [0.29, 0.717) is 12.5 Å². The van der Waals surface area contributed by atoms with Gasteiger partial charge in [-0.15, -0.1) is 0 Å². The summed E-state index contributed by atoms with van der Waals surface area (Å²) in [5.41, 5.74) is 2.08. The van der Waals surface area contributed by atoms with Crippen molar-refractivity contribution >= 4 is 17.3 Å². The first kappa shape index (κ1) is 18.2. The molecule has 2 heterocycles. The maximum absolute atomic E-state index is 12.4. The molecule has 0 saturated carbocycles. The van der Waals surface area contributed by atoms with E-state index < -0.39 is 0 Å². The second-order valence-electron chi connectivity index (χ2n) is 7.48. The Hall–Kier alpha value is -1.59. The first-order valence-electron chi connectivity index (χ1n) is 9.67. The van der Waals surface area contributed by atoms with Crippen molar-refractivity contribution in [3.63, 3.8) is 0 Å². The highest BCUT2D eigenvalue weighted by molar-refractivity contribution is 5.92. The molecule has 2 aliphatic rings. The third-order valence-corrected chi connectivity index (χ3v) is 5.64. The lowest BCUT2D eigenvalue weighted by Gasteiger charge is -2.38. The van der Waals surface area contributed by atoms with Crippen LogP contribution in [0, 0.1) is 5.92 Å². The summed E-state index contributed by atoms with van der Waals surface area (Å²) in [6, 6.07) is 8.27. The molecule has 3 rings (SSSR count). The predicted molar refractivity (Wildman–Crippen MR) is 102 cm³/mol. The molecule has 5 nitrogen and oxygen atoms in total. The largest absolute Gasteiger partial charge is 0.395 e. The summed E-state index contributed by atoms with van der Waals surface area (Å²) in [5.74, 6) is 0.439. The van der Waals surface area contributed by atoms with Gasteiger partial charge in [0, 0.05) is 30.5 Å². The number of carbonyl (C=O) groups excluding carboxylic acids is 1. The van der Waals surface area contributed by atoms with Crippen LogP contribution in [-0.2, 0) is 4.79 Å². The molecule has 2 atom stereocenters. The van der Waals surface area contributed by atoms with E-state index >= 15 is 0 Å². The highest BCUT2D eigenvalue weighted by Crippen LogP contribution is 2.24. The first-order valence-corrected chi connectivity index (χ1v) is 9.67. The van der Waals surface area contributed by atoms with Gasteiger partial charge in [0.15, 0.2) is 0 Å². The van der Waals surface area contributed by atoms with Crippen LogP contribution in [0.5, 0.6) is 0 Å². The van der Waals surface area contributed by atoms with Gasteiger partial charge in [0.1, 0.15) is 0 Å². The van der Waals surface area contributed by atoms with E-state index in [2.05, 4.69) is 34.2 Å². The van der Waals surface area contributed by atoms with Crippen LogP contribution in [0.2, 0.25) is 0 Å². The fraction of sp³-hybridized carbons (Fsp3) is 0.650. The van der Waals surface area contributed by atoms with Crippen LogP contribution in [0.4, 0.5) is 11.4 Å². The maximum Gasteiger partial charge on any atom is 0.238 e. The molecule has 2 saturated heterocycles. The molecule has 2 N–H and O–H groups in total. The van der Waals surface area contributed by atoms with Crippen molar-refractivity contribution in [1.82, 2.24) is 4.90 Å². The summed E-state index contributed by atoms with van der Waals surface area (Å²) in [4.78, 5) is 16.9. The molecule has 1 aromatic rings. The van der Waals surface area contributed by atoms with Gasteiger partial charge < -0.3 is 15.3 Å². The van der Waals surface area contributed by atoms with E-state index in [0.717, 1.165) is 38.2 Å². The average molecular weight is 345 g/mol. The van der Waals surface area contributed by atoms with Crippen LogP contribution in [0.25, 0.3) is 0 Å². The summed E-state index contributed by atoms with van der Waals surface area (Å²) < 4.78 is 0. The highest BCUT2D eigenvalue weighted by Gasteiger charge is 2.29. The number of amides is 1. The Morgan fingerprint density at radius 3 is 2.52 bits per heavy atom.